The van der Waals surface area contributed by atoms with Crippen LogP contribution in [-0.4, -0.2) is 92.0 Å². The number of fused-ring (bicyclic) bond motifs is 2. The van der Waals surface area contributed by atoms with Gasteiger partial charge in [-0.25, -0.2) is 9.37 Å². The molecule has 2 saturated heterocycles. The summed E-state index contributed by atoms with van der Waals surface area (Å²) in [6.07, 6.45) is 3.84. The molecule has 0 radical (unpaired) electrons. The maximum Gasteiger partial charge on any atom is 0.228 e. The Morgan fingerprint density at radius 1 is 1.26 bits per heavy atom. The molecule has 10 nitrogen and oxygen atoms in total. The van der Waals surface area contributed by atoms with E-state index < -0.39 is 11.6 Å². The van der Waals surface area contributed by atoms with E-state index >= 15 is 0 Å². The van der Waals surface area contributed by atoms with Gasteiger partial charge in [-0.2, -0.15) is 10.2 Å². The molecule has 1 unspecified atom stereocenters. The summed E-state index contributed by atoms with van der Waals surface area (Å²) >= 11 is 1.69. The lowest BCUT2D eigenvalue weighted by Gasteiger charge is -2.54. The molecule has 2 spiro atoms. The SMILES string of the molecule is CNC[C@H](F)CC(C)[C@H](C)Oc1cc(N2CCN(C)C3(COC3)C2)nc(C(=O)C2=C(N)[C@@]3(CCC2)CCCc2sc(C)c(C#N)c23)n1. The third-order valence-electron chi connectivity index (χ3n) is 11.0. The van der Waals surface area contributed by atoms with Gasteiger partial charge in [-0.05, 0) is 84.4 Å². The average molecular weight is 666 g/mol. The van der Waals surface area contributed by atoms with E-state index in [0.29, 0.717) is 61.1 Å². The highest BCUT2D eigenvalue weighted by atomic mass is 32.1. The quantitative estimate of drug-likeness (QED) is 0.352. The van der Waals surface area contributed by atoms with Crippen molar-refractivity contribution in [2.75, 3.05) is 58.4 Å². The van der Waals surface area contributed by atoms with Crippen molar-refractivity contribution >= 4 is 22.9 Å². The van der Waals surface area contributed by atoms with E-state index in [1.54, 1.807) is 24.5 Å². The second kappa shape index (κ2) is 13.4. The van der Waals surface area contributed by atoms with E-state index in [-0.39, 0.29) is 35.7 Å². The van der Waals surface area contributed by atoms with Gasteiger partial charge in [0.2, 0.25) is 17.5 Å². The number of carbonyl (C=O) groups is 1. The number of Topliss-reactive ketones (excluding diaryl/α,β-unsaturated/α-hetero) is 1. The van der Waals surface area contributed by atoms with E-state index in [1.807, 2.05) is 20.8 Å². The van der Waals surface area contributed by atoms with Gasteiger partial charge >= 0.3 is 0 Å². The van der Waals surface area contributed by atoms with Crippen LogP contribution in [0.3, 0.4) is 0 Å². The fourth-order valence-corrected chi connectivity index (χ4v) is 9.23. The minimum atomic E-state index is -0.993. The Hall–Kier alpha value is -3.11. The van der Waals surface area contributed by atoms with Gasteiger partial charge in [0.1, 0.15) is 24.2 Å². The third-order valence-corrected chi connectivity index (χ3v) is 12.2. The van der Waals surface area contributed by atoms with Gasteiger partial charge in [-0.15, -0.1) is 11.3 Å². The monoisotopic (exact) mass is 665 g/mol. The number of hydrogen-bond acceptors (Lipinski definition) is 11. The first-order valence-electron chi connectivity index (χ1n) is 17.0. The summed E-state index contributed by atoms with van der Waals surface area (Å²) in [6.45, 7) is 9.71. The van der Waals surface area contributed by atoms with Crippen molar-refractivity contribution in [3.8, 4) is 11.9 Å². The van der Waals surface area contributed by atoms with Crippen LogP contribution in [0.2, 0.25) is 0 Å². The number of carbonyl (C=O) groups excluding carboxylic acids is 1. The number of ether oxygens (including phenoxy) is 2. The highest BCUT2D eigenvalue weighted by molar-refractivity contribution is 7.12. The van der Waals surface area contributed by atoms with Crippen LogP contribution in [0.1, 0.15) is 83.9 Å². The Labute approximate surface area is 281 Å². The number of piperazine rings is 1. The van der Waals surface area contributed by atoms with Gasteiger partial charge in [-0.1, -0.05) is 6.92 Å². The molecule has 0 aromatic carbocycles. The Balaban J connectivity index is 1.37. The van der Waals surface area contributed by atoms with Gasteiger partial charge in [0.25, 0.3) is 0 Å². The molecule has 4 atom stereocenters. The number of nitrogens with two attached hydrogens (primary N) is 1. The largest absolute Gasteiger partial charge is 0.474 e. The lowest BCUT2D eigenvalue weighted by Crippen LogP contribution is -2.70. The van der Waals surface area contributed by atoms with E-state index in [9.17, 15) is 14.4 Å². The number of ketones is 1. The number of rotatable bonds is 10. The zero-order valence-corrected chi connectivity index (χ0v) is 29.1. The first-order chi connectivity index (χ1) is 22.5. The Morgan fingerprint density at radius 3 is 2.68 bits per heavy atom. The first kappa shape index (κ1) is 33.8. The van der Waals surface area contributed by atoms with Crippen molar-refractivity contribution < 1.29 is 18.7 Å². The predicted molar refractivity (Wildman–Crippen MR) is 181 cm³/mol. The van der Waals surface area contributed by atoms with Gasteiger partial charge in [0.15, 0.2) is 0 Å². The molecule has 2 aromatic heterocycles. The highest BCUT2D eigenvalue weighted by Crippen LogP contribution is 2.52. The fraction of sp³-hybridized carbons (Fsp3) is 0.657. The van der Waals surface area contributed by atoms with Gasteiger partial charge < -0.3 is 25.4 Å². The number of allylic oxidation sites excluding steroid dienone is 2. The van der Waals surface area contributed by atoms with Crippen LogP contribution < -0.4 is 20.7 Å². The van der Waals surface area contributed by atoms with Crippen molar-refractivity contribution in [1.82, 2.24) is 20.2 Å². The summed E-state index contributed by atoms with van der Waals surface area (Å²) in [4.78, 5) is 30.8. The Morgan fingerprint density at radius 2 is 2.00 bits per heavy atom. The van der Waals surface area contributed by atoms with Crippen LogP contribution in [0.25, 0.3) is 0 Å². The van der Waals surface area contributed by atoms with E-state index in [4.69, 9.17) is 20.2 Å². The van der Waals surface area contributed by atoms with Gasteiger partial charge in [0.05, 0.1) is 24.3 Å². The molecular formula is C35H48FN7O3S. The fourth-order valence-electron chi connectivity index (χ4n) is 7.96. The summed E-state index contributed by atoms with van der Waals surface area (Å²) in [7, 11) is 3.86. The Bertz CT molecular complexity index is 1580. The van der Waals surface area contributed by atoms with Gasteiger partial charge in [0, 0.05) is 58.7 Å². The average Bonchev–Trinajstić information content (AvgIpc) is 3.37. The summed E-state index contributed by atoms with van der Waals surface area (Å²) in [6, 6.07) is 4.25. The van der Waals surface area contributed by atoms with E-state index in [0.717, 1.165) is 55.6 Å². The molecule has 2 aromatic rings. The summed E-state index contributed by atoms with van der Waals surface area (Å²) in [5.74, 6) is 0.600. The number of anilines is 1. The smallest absolute Gasteiger partial charge is 0.228 e. The third kappa shape index (κ3) is 6.16. The molecule has 47 heavy (non-hydrogen) atoms. The molecular weight excluding hydrogens is 617 g/mol. The van der Waals surface area contributed by atoms with Crippen molar-refractivity contribution in [3.05, 3.63) is 44.0 Å². The molecule has 2 aliphatic carbocycles. The molecule has 2 fully saturated rings. The lowest BCUT2D eigenvalue weighted by molar-refractivity contribution is -0.134. The first-order valence-corrected chi connectivity index (χ1v) is 17.8. The number of nitrogens with one attached hydrogen (secondary N) is 1. The number of hydrogen-bond donors (Lipinski definition) is 2. The molecule has 4 heterocycles. The molecule has 6 rings (SSSR count). The van der Waals surface area contributed by atoms with Crippen molar-refractivity contribution in [1.29, 1.82) is 5.26 Å². The summed E-state index contributed by atoms with van der Waals surface area (Å²) < 4.78 is 26.4. The van der Waals surface area contributed by atoms with E-state index in [1.165, 1.54) is 4.88 Å². The topological polar surface area (TPSA) is 130 Å². The van der Waals surface area contributed by atoms with Crippen LogP contribution in [-0.2, 0) is 16.6 Å². The van der Waals surface area contributed by atoms with Crippen molar-refractivity contribution in [2.24, 2.45) is 11.7 Å². The minimum Gasteiger partial charge on any atom is -0.474 e. The predicted octanol–water partition coefficient (Wildman–Crippen LogP) is 4.44. The van der Waals surface area contributed by atoms with Crippen LogP contribution >= 0.6 is 11.3 Å². The van der Waals surface area contributed by atoms with E-state index in [2.05, 4.69) is 33.2 Å². The maximum atomic E-state index is 14.5. The van der Waals surface area contributed by atoms with Crippen LogP contribution in [0.5, 0.6) is 5.88 Å². The number of aryl methyl sites for hydroxylation is 2. The number of nitriles is 1. The van der Waals surface area contributed by atoms with Crippen molar-refractivity contribution in [2.45, 2.75) is 88.9 Å². The molecule has 3 N–H and O–H groups in total. The number of aromatic nitrogens is 2. The highest BCUT2D eigenvalue weighted by Gasteiger charge is 2.48. The maximum absolute atomic E-state index is 14.5. The van der Waals surface area contributed by atoms with Crippen LogP contribution in [0.4, 0.5) is 10.2 Å². The number of halogens is 1. The van der Waals surface area contributed by atoms with Crippen molar-refractivity contribution in [3.63, 3.8) is 0 Å². The number of nitrogens with zero attached hydrogens (tertiary/aromatic N) is 5. The number of likely N-dealkylation sites (N-methyl/N-ethyl adjacent to an activating group) is 1. The normalized spacial score (nSPS) is 24.4. The molecule has 0 saturated carbocycles. The molecule has 0 amide bonds. The summed E-state index contributed by atoms with van der Waals surface area (Å²) in [5.41, 5.74) is 9.28. The Kier molecular flexibility index (Phi) is 9.64. The second-order valence-corrected chi connectivity index (χ2v) is 15.4. The summed E-state index contributed by atoms with van der Waals surface area (Å²) in [5, 5.41) is 13.0. The lowest BCUT2D eigenvalue weighted by atomic mass is 9.62. The number of thiophene rings is 1. The molecule has 4 aliphatic rings. The standard InChI is InChI=1S/C35H48FN7O3S/c1-21(14-24(36)17-39-4)22(2)46-29-15-28(43-13-12-42(5)34(18-43)19-45-20-34)40-33(41-29)31(44)25-8-6-10-35(32(25)38)11-7-9-27-30(35)26(16-37)23(3)47-27/h15,21-22,24,39H,6-14,17-20,38H2,1-5H3/t21?,22-,24+,35-/m0/s1. The number of alkyl halides is 1. The molecule has 12 heteroatoms. The minimum absolute atomic E-state index is 0.0572. The van der Waals surface area contributed by atoms with Crippen LogP contribution in [0.15, 0.2) is 17.3 Å². The van der Waals surface area contributed by atoms with Gasteiger partial charge in [-0.3, -0.25) is 9.69 Å². The molecule has 254 valence electrons. The zero-order chi connectivity index (χ0) is 33.5. The van der Waals surface area contributed by atoms with Crippen LogP contribution in [0, 0.1) is 24.2 Å². The molecule has 2 aliphatic heterocycles. The molecule has 0 bridgehead atoms. The zero-order valence-electron chi connectivity index (χ0n) is 28.3. The second-order valence-electron chi connectivity index (χ2n) is 14.1.